The van der Waals surface area contributed by atoms with Crippen LogP contribution in [0, 0.1) is 0 Å². The first-order valence-electron chi connectivity index (χ1n) is 5.13. The molecule has 0 aliphatic carbocycles. The van der Waals surface area contributed by atoms with Crippen LogP contribution in [0.4, 0.5) is 0 Å². The Kier molecular flexibility index (Phi) is 8.38. The second-order valence-electron chi connectivity index (χ2n) is 4.98. The van der Waals surface area contributed by atoms with Crippen LogP contribution in [-0.4, -0.2) is 43.0 Å². The Bertz CT molecular complexity index is 194. The van der Waals surface area contributed by atoms with Crippen molar-refractivity contribution in [1.82, 2.24) is 4.90 Å². The summed E-state index contributed by atoms with van der Waals surface area (Å²) in [7, 11) is 4.13. The molecule has 0 aliphatic rings. The second kappa shape index (κ2) is 7.25. The largest absolute Gasteiger partial charge is 0.468 e. The first-order valence-corrected chi connectivity index (χ1v) is 5.13. The average Bonchev–Trinajstić information content (AvgIpc) is 1.96. The predicted octanol–water partition coefficient (Wildman–Crippen LogP) is 2.52. The predicted molar refractivity (Wildman–Crippen MR) is 64.2 cm³/mol. The maximum atomic E-state index is 4.47. The van der Waals surface area contributed by atoms with E-state index in [9.17, 15) is 0 Å². The third-order valence-electron chi connectivity index (χ3n) is 1.96. The van der Waals surface area contributed by atoms with Gasteiger partial charge in [0.2, 0.25) is 0 Å². The Morgan fingerprint density at radius 2 is 1.80 bits per heavy atom. The minimum atomic E-state index is -0.0189. The van der Waals surface area contributed by atoms with Gasteiger partial charge in [-0.05, 0) is 40.0 Å². The van der Waals surface area contributed by atoms with E-state index in [1.165, 1.54) is 0 Å². The SMILES string of the molecule is CC(=NC(C)(C)C)[N-]CC(C)N(C)C.[Co]. The van der Waals surface area contributed by atoms with Crippen molar-refractivity contribution in [3.8, 4) is 0 Å². The summed E-state index contributed by atoms with van der Waals surface area (Å²) in [5.74, 6) is 0.895. The molecule has 0 fully saturated rings. The number of likely N-dealkylation sites (N-methyl/N-ethyl adjacent to an activating group) is 1. The smallest absolute Gasteiger partial charge is 0.00539 e. The molecule has 1 radical (unpaired) electrons. The Balaban J connectivity index is 0. The molecule has 0 aromatic rings. The zero-order valence-electron chi connectivity index (χ0n) is 11.0. The molecule has 1 atom stereocenters. The number of hydrogen-bond acceptors (Lipinski definition) is 2. The summed E-state index contributed by atoms with van der Waals surface area (Å²) >= 11 is 0. The molecule has 0 aromatic heterocycles. The van der Waals surface area contributed by atoms with Crippen molar-refractivity contribution in [2.45, 2.75) is 46.2 Å². The van der Waals surface area contributed by atoms with Crippen LogP contribution < -0.4 is 0 Å². The van der Waals surface area contributed by atoms with E-state index >= 15 is 0 Å². The van der Waals surface area contributed by atoms with Gasteiger partial charge < -0.3 is 15.2 Å². The average molecular weight is 257 g/mol. The van der Waals surface area contributed by atoms with Crippen molar-refractivity contribution in [3.63, 3.8) is 0 Å². The summed E-state index contributed by atoms with van der Waals surface area (Å²) in [6.45, 7) is 11.2. The van der Waals surface area contributed by atoms with Crippen LogP contribution in [0.2, 0.25) is 0 Å². The minimum Gasteiger partial charge on any atom is -0.468 e. The molecule has 3 nitrogen and oxygen atoms in total. The van der Waals surface area contributed by atoms with Crippen molar-refractivity contribution < 1.29 is 16.8 Å². The Morgan fingerprint density at radius 3 is 2.13 bits per heavy atom. The van der Waals surface area contributed by atoms with Crippen LogP contribution in [-0.2, 0) is 16.8 Å². The van der Waals surface area contributed by atoms with E-state index in [0.717, 1.165) is 12.4 Å². The van der Waals surface area contributed by atoms with Gasteiger partial charge in [-0.15, -0.1) is 0 Å². The number of rotatable bonds is 3. The molecule has 93 valence electrons. The van der Waals surface area contributed by atoms with E-state index in [0.29, 0.717) is 6.04 Å². The fraction of sp³-hybridized carbons (Fsp3) is 0.909. The van der Waals surface area contributed by atoms with Gasteiger partial charge >= 0.3 is 0 Å². The van der Waals surface area contributed by atoms with E-state index < -0.39 is 0 Å². The second-order valence-corrected chi connectivity index (χ2v) is 4.98. The number of nitrogens with zero attached hydrogens (tertiary/aromatic N) is 3. The van der Waals surface area contributed by atoms with Gasteiger partial charge in [-0.1, -0.05) is 26.6 Å². The topological polar surface area (TPSA) is 29.7 Å². The molecule has 0 amide bonds. The van der Waals surface area contributed by atoms with Crippen LogP contribution in [0.15, 0.2) is 4.99 Å². The molecular weight excluding hydrogens is 233 g/mol. The van der Waals surface area contributed by atoms with Crippen molar-refractivity contribution >= 4 is 5.84 Å². The molecule has 0 aromatic carbocycles. The van der Waals surface area contributed by atoms with Crippen LogP contribution in [0.5, 0.6) is 0 Å². The van der Waals surface area contributed by atoms with Gasteiger partial charge in [-0.2, -0.15) is 0 Å². The van der Waals surface area contributed by atoms with Crippen LogP contribution >= 0.6 is 0 Å². The summed E-state index contributed by atoms with van der Waals surface area (Å²) in [6, 6.07) is 0.472. The molecule has 0 heterocycles. The minimum absolute atomic E-state index is 0. The maximum Gasteiger partial charge on any atom is 0.00539 e. The quantitative estimate of drug-likeness (QED) is 0.564. The monoisotopic (exact) mass is 257 g/mol. The van der Waals surface area contributed by atoms with Gasteiger partial charge in [-0.25, -0.2) is 0 Å². The molecule has 0 saturated carbocycles. The van der Waals surface area contributed by atoms with Crippen LogP contribution in [0.3, 0.4) is 0 Å². The van der Waals surface area contributed by atoms with Gasteiger partial charge in [0.1, 0.15) is 0 Å². The first kappa shape index (κ1) is 17.3. The third-order valence-corrected chi connectivity index (χ3v) is 1.96. The van der Waals surface area contributed by atoms with E-state index in [-0.39, 0.29) is 22.3 Å². The Hall–Kier alpha value is -0.0635. The molecule has 0 spiro atoms. The van der Waals surface area contributed by atoms with Gasteiger partial charge in [0.05, 0.1) is 0 Å². The molecular formula is C11H24CoN3-. The zero-order valence-corrected chi connectivity index (χ0v) is 12.0. The number of amidine groups is 1. The molecule has 0 N–H and O–H groups in total. The summed E-state index contributed by atoms with van der Waals surface area (Å²) in [6.07, 6.45) is 0. The van der Waals surface area contributed by atoms with E-state index in [2.05, 4.69) is 57.0 Å². The van der Waals surface area contributed by atoms with Gasteiger partial charge in [0.15, 0.2) is 0 Å². The molecule has 0 saturated heterocycles. The van der Waals surface area contributed by atoms with Gasteiger partial charge in [-0.3, -0.25) is 0 Å². The number of aliphatic imine (C=N–C) groups is 1. The number of hydrogen-bond donors (Lipinski definition) is 0. The van der Waals surface area contributed by atoms with E-state index in [1.54, 1.807) is 0 Å². The van der Waals surface area contributed by atoms with Gasteiger partial charge in [0, 0.05) is 22.8 Å². The standard InChI is InChI=1S/C11H24N3.Co/c1-9(14(6)7)8-12-10(2)13-11(3,4)5;/h9H,8H2,1-7H3;/q-1;. The zero-order chi connectivity index (χ0) is 11.4. The van der Waals surface area contributed by atoms with Crippen LogP contribution in [0.1, 0.15) is 34.6 Å². The molecule has 1 unspecified atom stereocenters. The van der Waals surface area contributed by atoms with Crippen molar-refractivity contribution in [3.05, 3.63) is 5.32 Å². The molecule has 0 aliphatic heterocycles. The fourth-order valence-corrected chi connectivity index (χ4v) is 0.948. The first-order chi connectivity index (χ1) is 6.22. The molecule has 0 rings (SSSR count). The molecule has 4 heteroatoms. The molecule has 0 bridgehead atoms. The van der Waals surface area contributed by atoms with E-state index in [1.807, 2.05) is 6.92 Å². The van der Waals surface area contributed by atoms with Gasteiger partial charge in [0.25, 0.3) is 0 Å². The Labute approximate surface area is 105 Å². The third kappa shape index (κ3) is 10.2. The fourth-order valence-electron chi connectivity index (χ4n) is 0.948. The molecule has 15 heavy (non-hydrogen) atoms. The normalized spacial score (nSPS) is 14.8. The summed E-state index contributed by atoms with van der Waals surface area (Å²) in [4.78, 5) is 6.63. The van der Waals surface area contributed by atoms with E-state index in [4.69, 9.17) is 0 Å². The summed E-state index contributed by atoms with van der Waals surface area (Å²) in [5.41, 5.74) is -0.0189. The van der Waals surface area contributed by atoms with Crippen molar-refractivity contribution in [1.29, 1.82) is 0 Å². The summed E-state index contributed by atoms with van der Waals surface area (Å²) < 4.78 is 0. The summed E-state index contributed by atoms with van der Waals surface area (Å²) in [5, 5.41) is 4.44. The van der Waals surface area contributed by atoms with Crippen LogP contribution in [0.25, 0.3) is 5.32 Å². The Morgan fingerprint density at radius 1 is 1.33 bits per heavy atom. The van der Waals surface area contributed by atoms with Crippen molar-refractivity contribution in [2.75, 3.05) is 20.6 Å². The van der Waals surface area contributed by atoms with Crippen molar-refractivity contribution in [2.24, 2.45) is 4.99 Å². The maximum absolute atomic E-state index is 4.47.